The number of aliphatic carboxylic acids is 1. The maximum atomic E-state index is 10.4. The molecule has 3 atom stereocenters. The predicted octanol–water partition coefficient (Wildman–Crippen LogP) is 7.64. The molecule has 2 aromatic carbocycles. The van der Waals surface area contributed by atoms with Crippen LogP contribution in [-0.2, 0) is 30.0 Å². The summed E-state index contributed by atoms with van der Waals surface area (Å²) in [5, 5.41) is 19.2. The summed E-state index contributed by atoms with van der Waals surface area (Å²) in [7, 11) is -0.987. The van der Waals surface area contributed by atoms with Gasteiger partial charge in [0.1, 0.15) is 23.7 Å². The predicted molar refractivity (Wildman–Crippen MR) is 192 cm³/mol. The Morgan fingerprint density at radius 1 is 1.06 bits per heavy atom. The molecule has 12 nitrogen and oxygen atoms in total. The molecule has 0 amide bonds. The van der Waals surface area contributed by atoms with Crippen LogP contribution in [0.3, 0.4) is 0 Å². The molecule has 13 heteroatoms. The van der Waals surface area contributed by atoms with Gasteiger partial charge in [0.2, 0.25) is 8.38 Å². The molecular weight excluding hydrogens is 645 g/mol. The van der Waals surface area contributed by atoms with E-state index in [1.54, 1.807) is 12.1 Å². The smallest absolute Gasteiger partial charge is 0.307 e. The Kier molecular flexibility index (Phi) is 20.6. The summed E-state index contributed by atoms with van der Waals surface area (Å²) in [6, 6.07) is 22.8. The van der Waals surface area contributed by atoms with Crippen LogP contribution in [-0.4, -0.2) is 57.6 Å². The van der Waals surface area contributed by atoms with Crippen LogP contribution in [0.15, 0.2) is 79.1 Å². The first-order valence-electron chi connectivity index (χ1n) is 15.7. The minimum Gasteiger partial charge on any atom is -0.481 e. The topological polar surface area (TPSA) is 171 Å². The molecule has 2 aromatic heterocycles. The quantitative estimate of drug-likeness (QED) is 0.110. The van der Waals surface area contributed by atoms with Crippen molar-refractivity contribution >= 4 is 31.6 Å². The number of hydrogen-bond acceptors (Lipinski definition) is 10. The van der Waals surface area contributed by atoms with Crippen molar-refractivity contribution in [2.75, 3.05) is 25.6 Å². The summed E-state index contributed by atoms with van der Waals surface area (Å²) in [6.45, 7) is 12.2. The van der Waals surface area contributed by atoms with E-state index in [9.17, 15) is 9.59 Å². The van der Waals surface area contributed by atoms with Crippen molar-refractivity contribution in [1.29, 1.82) is 5.26 Å². The van der Waals surface area contributed by atoms with E-state index in [1.807, 2.05) is 71.8 Å². The highest BCUT2D eigenvalue weighted by Gasteiger charge is 2.29. The van der Waals surface area contributed by atoms with Crippen LogP contribution in [0.5, 0.6) is 5.75 Å². The minimum atomic E-state index is -0.987. The van der Waals surface area contributed by atoms with Crippen molar-refractivity contribution in [2.45, 2.75) is 72.5 Å². The van der Waals surface area contributed by atoms with Gasteiger partial charge in [0, 0.05) is 20.2 Å². The number of ether oxygens (including phenoxy) is 2. The van der Waals surface area contributed by atoms with Crippen LogP contribution in [0.2, 0.25) is 0 Å². The lowest BCUT2D eigenvalue weighted by Crippen LogP contribution is -2.14. The van der Waals surface area contributed by atoms with Crippen molar-refractivity contribution in [3.8, 4) is 12.3 Å². The van der Waals surface area contributed by atoms with Crippen LogP contribution < -0.4 is 10.3 Å². The molecule has 0 aliphatic carbocycles. The van der Waals surface area contributed by atoms with Crippen LogP contribution >= 0.6 is 8.38 Å². The van der Waals surface area contributed by atoms with E-state index < -0.39 is 14.3 Å². The molecule has 3 unspecified atom stereocenters. The third-order valence-electron chi connectivity index (χ3n) is 7.24. The van der Waals surface area contributed by atoms with Gasteiger partial charge in [-0.3, -0.25) is 9.59 Å². The van der Waals surface area contributed by atoms with Gasteiger partial charge in [0.05, 0.1) is 31.4 Å². The van der Waals surface area contributed by atoms with Gasteiger partial charge in [-0.25, -0.2) is 14.8 Å². The molecule has 5 rings (SSSR count). The fourth-order valence-electron chi connectivity index (χ4n) is 4.64. The molecule has 49 heavy (non-hydrogen) atoms. The van der Waals surface area contributed by atoms with E-state index in [4.69, 9.17) is 34.6 Å². The highest BCUT2D eigenvalue weighted by Crippen LogP contribution is 2.38. The number of para-hydroxylation sites is 1. The molecule has 3 heterocycles. The van der Waals surface area contributed by atoms with Crippen molar-refractivity contribution < 1.29 is 33.2 Å². The summed E-state index contributed by atoms with van der Waals surface area (Å²) in [4.78, 5) is 24.5. The highest BCUT2D eigenvalue weighted by molar-refractivity contribution is 7.46. The number of benzene rings is 2. The number of nitrogens with zero attached hydrogens (tertiary/aromatic N) is 4. The molecule has 1 aliphatic rings. The fourth-order valence-corrected chi connectivity index (χ4v) is 5.48. The zero-order valence-corrected chi connectivity index (χ0v) is 28.9. The van der Waals surface area contributed by atoms with Gasteiger partial charge in [0.25, 0.3) is 0 Å². The van der Waals surface area contributed by atoms with Crippen molar-refractivity contribution in [3.05, 3.63) is 90.4 Å². The molecule has 0 saturated carbocycles. The summed E-state index contributed by atoms with van der Waals surface area (Å²) < 4.78 is 24.5. The first-order valence-corrected chi connectivity index (χ1v) is 17.3. The first kappa shape index (κ1) is 42.5. The van der Waals surface area contributed by atoms with Gasteiger partial charge < -0.3 is 29.4 Å². The summed E-state index contributed by atoms with van der Waals surface area (Å²) in [5.41, 5.74) is 8.54. The number of carbonyl (C=O) groups excluding carboxylic acids is 1. The molecule has 1 aliphatic heterocycles. The summed E-state index contributed by atoms with van der Waals surface area (Å²) in [6.07, 6.45) is 5.65. The maximum Gasteiger partial charge on any atom is 0.307 e. The lowest BCUT2D eigenvalue weighted by Gasteiger charge is -2.17. The van der Waals surface area contributed by atoms with Crippen molar-refractivity contribution in [1.82, 2.24) is 14.6 Å². The fraction of sp³-hybridized carbons (Fsp3) is 0.417. The second-order valence-electron chi connectivity index (χ2n) is 10.7. The van der Waals surface area contributed by atoms with Crippen molar-refractivity contribution in [2.24, 2.45) is 5.92 Å². The normalized spacial score (nSPS) is 15.2. The van der Waals surface area contributed by atoms with Gasteiger partial charge in [-0.2, -0.15) is 5.10 Å². The van der Waals surface area contributed by atoms with Crippen LogP contribution in [0.25, 0.3) is 5.52 Å². The number of nitrogen functional groups attached to an aromatic ring is 1. The van der Waals surface area contributed by atoms with Gasteiger partial charge in [-0.1, -0.05) is 82.6 Å². The molecule has 0 bridgehead atoms. The van der Waals surface area contributed by atoms with E-state index in [0.29, 0.717) is 24.9 Å². The number of anilines is 1. The van der Waals surface area contributed by atoms with Crippen molar-refractivity contribution in [3.63, 3.8) is 0 Å². The zero-order chi connectivity index (χ0) is 35.3. The number of carboxylic acids is 1. The van der Waals surface area contributed by atoms with E-state index in [1.165, 1.54) is 13.3 Å². The zero-order valence-electron chi connectivity index (χ0n) is 28.0. The lowest BCUT2D eigenvalue weighted by atomic mass is 10.1. The van der Waals surface area contributed by atoms with E-state index >= 15 is 0 Å². The second-order valence-corrected chi connectivity index (χ2v) is 12.0. The Labute approximate surface area is 291 Å². The van der Waals surface area contributed by atoms with Crippen LogP contribution in [0.1, 0.15) is 71.2 Å². The Hall–Kier alpha value is -4.56. The highest BCUT2D eigenvalue weighted by atomic mass is 31.2. The molecule has 0 spiro atoms. The number of carboxylic acid groups (broad SMARTS) is 1. The van der Waals surface area contributed by atoms with Gasteiger partial charge >= 0.3 is 11.9 Å². The van der Waals surface area contributed by atoms with E-state index in [2.05, 4.69) is 30.5 Å². The average Bonchev–Trinajstić information content (AvgIpc) is 3.74. The molecule has 1 saturated heterocycles. The number of rotatable bonds is 12. The third-order valence-corrected chi connectivity index (χ3v) is 8.22. The molecular formula is C36H50N5O7P. The maximum absolute atomic E-state index is 10.4. The van der Waals surface area contributed by atoms with Crippen LogP contribution in [0.4, 0.5) is 5.82 Å². The van der Waals surface area contributed by atoms with Gasteiger partial charge in [-0.15, -0.1) is 0 Å². The third kappa shape index (κ3) is 15.5. The number of aromatic nitrogens is 3. The molecule has 266 valence electrons. The molecule has 0 radical (unpaired) electrons. The van der Waals surface area contributed by atoms with E-state index in [0.717, 1.165) is 48.2 Å². The largest absolute Gasteiger partial charge is 0.481 e. The first-order chi connectivity index (χ1) is 23.2. The number of carbonyl (C=O) groups is 2. The minimum absolute atomic E-state index is 0. The molecule has 1 fully saturated rings. The number of nitrogens with two attached hydrogens (primary N) is 1. The summed E-state index contributed by atoms with van der Waals surface area (Å²) in [5.74, 6) is 0.879. The standard InChI is InChI=1S/C18H21N4O3P.C8H8O2.C8H16O2.CHN.CH4/c1-26(25-13-5-3-2-4-6-13)23-11-14-7-10-17(24-14)15-8-9-16-18(19)20-12-21-22(15)16;9-8(10)6-7-4-2-1-3-5-7;1-4-8(5-2)6-10-7(3)9;1-2;/h2-6,8-9,12,14,17H,7,10-11H2,1H3,(H2,19,20,21);1-5H,6H2,(H,9,10);8H,4-6H2,1-3H3;1H;1H4. The van der Waals surface area contributed by atoms with Crippen LogP contribution in [0, 0.1) is 17.8 Å². The lowest BCUT2D eigenvalue weighted by molar-refractivity contribution is -0.142. The Morgan fingerprint density at radius 3 is 2.29 bits per heavy atom. The number of fused-ring (bicyclic) bond motifs is 1. The Morgan fingerprint density at radius 2 is 1.69 bits per heavy atom. The van der Waals surface area contributed by atoms with Gasteiger partial charge in [0.15, 0.2) is 5.82 Å². The SMILES string of the molecule is C.C#N.CCC(CC)COC(C)=O.CP(OCC1CCC(c2ccc3c(N)ncnn23)O1)Oc1ccccc1.O=C(O)Cc1ccccc1. The average molecular weight is 696 g/mol. The monoisotopic (exact) mass is 695 g/mol. The molecule has 4 aromatic rings. The second kappa shape index (κ2) is 23.7. The number of hydrogen-bond donors (Lipinski definition) is 2. The Bertz CT molecular complexity index is 1520. The number of nitriles is 1. The molecule has 3 N–H and O–H groups in total. The number of esters is 1. The Balaban J connectivity index is 0.000000433. The van der Waals surface area contributed by atoms with Gasteiger partial charge in [-0.05, 0) is 48.6 Å². The van der Waals surface area contributed by atoms with E-state index in [-0.39, 0.29) is 32.0 Å². The summed E-state index contributed by atoms with van der Waals surface area (Å²) >= 11 is 0.